The number of aromatic nitrogens is 4. The van der Waals surface area contributed by atoms with E-state index in [9.17, 15) is 9.18 Å². The van der Waals surface area contributed by atoms with Crippen molar-refractivity contribution >= 4 is 22.7 Å². The molecule has 5 aromatic rings. The van der Waals surface area contributed by atoms with Crippen molar-refractivity contribution in [2.75, 3.05) is 18.1 Å². The highest BCUT2D eigenvalue weighted by molar-refractivity contribution is 5.86. The number of halogens is 1. The Kier molecular flexibility index (Phi) is 4.98. The number of hydrogen-bond donors (Lipinski definition) is 2. The number of nitrogens with one attached hydrogen (secondary N) is 1. The molecular formula is C24H19FN6O2. The van der Waals surface area contributed by atoms with Gasteiger partial charge in [-0.15, -0.1) is 0 Å². The molecule has 0 aliphatic carbocycles. The second kappa shape index (κ2) is 8.12. The summed E-state index contributed by atoms with van der Waals surface area (Å²) in [5.74, 6) is 0.936. The van der Waals surface area contributed by atoms with E-state index in [2.05, 4.69) is 15.3 Å². The molecule has 5 rings (SSSR count). The lowest BCUT2D eigenvalue weighted by Gasteiger charge is -2.10. The molecule has 0 atom stereocenters. The fourth-order valence-corrected chi connectivity index (χ4v) is 3.74. The highest BCUT2D eigenvalue weighted by atomic mass is 19.1. The van der Waals surface area contributed by atoms with Crippen molar-refractivity contribution in [2.45, 2.75) is 0 Å². The average Bonchev–Trinajstić information content (AvgIpc) is 3.13. The van der Waals surface area contributed by atoms with Crippen molar-refractivity contribution in [3.8, 4) is 22.9 Å². The number of nitrogen functional groups attached to an aromatic ring is 1. The van der Waals surface area contributed by atoms with Crippen molar-refractivity contribution in [2.24, 2.45) is 0 Å². The van der Waals surface area contributed by atoms with Crippen LogP contribution in [0.2, 0.25) is 0 Å². The van der Waals surface area contributed by atoms with Gasteiger partial charge in [0, 0.05) is 7.05 Å². The van der Waals surface area contributed by atoms with E-state index in [0.717, 1.165) is 0 Å². The van der Waals surface area contributed by atoms with Crippen LogP contribution in [0.5, 0.6) is 11.5 Å². The second-order valence-corrected chi connectivity index (χ2v) is 7.18. The van der Waals surface area contributed by atoms with Crippen LogP contribution in [-0.4, -0.2) is 26.1 Å². The molecule has 0 bridgehead atoms. The van der Waals surface area contributed by atoms with E-state index < -0.39 is 11.5 Å². The first-order valence-corrected chi connectivity index (χ1v) is 10.1. The van der Waals surface area contributed by atoms with Crippen LogP contribution in [0.25, 0.3) is 22.5 Å². The topological polar surface area (TPSA) is 100.0 Å². The van der Waals surface area contributed by atoms with Gasteiger partial charge in [-0.05, 0) is 48.5 Å². The third-order valence-corrected chi connectivity index (χ3v) is 5.21. The van der Waals surface area contributed by atoms with Crippen LogP contribution in [0.1, 0.15) is 0 Å². The Balaban J connectivity index is 1.68. The summed E-state index contributed by atoms with van der Waals surface area (Å²) in [5.41, 5.74) is 7.29. The number of anilines is 2. The van der Waals surface area contributed by atoms with Crippen LogP contribution < -0.4 is 21.5 Å². The third-order valence-electron chi connectivity index (χ3n) is 5.21. The molecule has 3 aromatic carbocycles. The molecule has 3 N–H and O–H groups in total. The number of hydrogen-bond acceptors (Lipinski definition) is 6. The van der Waals surface area contributed by atoms with Gasteiger partial charge in [0.2, 0.25) is 0 Å². The van der Waals surface area contributed by atoms with E-state index in [1.165, 1.54) is 27.6 Å². The largest absolute Gasteiger partial charge is 0.457 e. The molecule has 0 fully saturated rings. The van der Waals surface area contributed by atoms with Gasteiger partial charge in [0.05, 0.1) is 17.1 Å². The SMILES string of the molecule is CNc1c(F)cccc1-n1c(=O)n(-c2ccc(Oc3ccccc3)cc2)c2c(N)ncnc21. The normalized spacial score (nSPS) is 11.0. The molecule has 0 saturated heterocycles. The minimum atomic E-state index is -0.493. The minimum Gasteiger partial charge on any atom is -0.457 e. The standard InChI is InChI=1S/C24H19FN6O2/c1-27-20-18(25)8-5-9-19(20)31-23-21(22(26)28-14-29-23)30(24(31)32)15-10-12-17(13-11-15)33-16-6-3-2-4-7-16/h2-14,27H,1H3,(H2,26,28,29). The highest BCUT2D eigenvalue weighted by Crippen LogP contribution is 2.29. The Morgan fingerprint density at radius 3 is 2.36 bits per heavy atom. The predicted molar refractivity (Wildman–Crippen MR) is 125 cm³/mol. The van der Waals surface area contributed by atoms with E-state index in [1.807, 2.05) is 30.3 Å². The number of rotatable bonds is 5. The molecular weight excluding hydrogens is 423 g/mol. The molecule has 0 amide bonds. The van der Waals surface area contributed by atoms with Gasteiger partial charge in [-0.25, -0.2) is 23.7 Å². The molecule has 0 spiro atoms. The third kappa shape index (κ3) is 3.45. The lowest BCUT2D eigenvalue weighted by Crippen LogP contribution is -2.23. The van der Waals surface area contributed by atoms with Crippen LogP contribution in [-0.2, 0) is 0 Å². The minimum absolute atomic E-state index is 0.128. The molecule has 8 nitrogen and oxygen atoms in total. The van der Waals surface area contributed by atoms with Gasteiger partial charge < -0.3 is 15.8 Å². The summed E-state index contributed by atoms with van der Waals surface area (Å²) >= 11 is 0. The lowest BCUT2D eigenvalue weighted by atomic mass is 10.2. The van der Waals surface area contributed by atoms with Crippen LogP contribution in [0.3, 0.4) is 0 Å². The Labute approximate surface area is 187 Å². The fourth-order valence-electron chi connectivity index (χ4n) is 3.74. The van der Waals surface area contributed by atoms with E-state index >= 15 is 0 Å². The number of fused-ring (bicyclic) bond motifs is 1. The summed E-state index contributed by atoms with van der Waals surface area (Å²) in [6, 6.07) is 20.8. The zero-order chi connectivity index (χ0) is 22.9. The summed E-state index contributed by atoms with van der Waals surface area (Å²) in [6.45, 7) is 0. The number of ether oxygens (including phenoxy) is 1. The van der Waals surface area contributed by atoms with Crippen LogP contribution in [0.4, 0.5) is 15.9 Å². The molecule has 164 valence electrons. The first-order chi connectivity index (χ1) is 16.1. The van der Waals surface area contributed by atoms with Gasteiger partial charge in [-0.1, -0.05) is 24.3 Å². The quantitative estimate of drug-likeness (QED) is 0.425. The zero-order valence-corrected chi connectivity index (χ0v) is 17.6. The maximum Gasteiger partial charge on any atom is 0.339 e. The molecule has 9 heteroatoms. The van der Waals surface area contributed by atoms with Crippen LogP contribution >= 0.6 is 0 Å². The smallest absolute Gasteiger partial charge is 0.339 e. The van der Waals surface area contributed by atoms with Crippen LogP contribution in [0.15, 0.2) is 83.9 Å². The molecule has 0 aliphatic rings. The molecule has 0 saturated carbocycles. The van der Waals surface area contributed by atoms with Gasteiger partial charge in [-0.3, -0.25) is 4.57 Å². The van der Waals surface area contributed by atoms with Gasteiger partial charge in [0.15, 0.2) is 11.5 Å². The van der Waals surface area contributed by atoms with Crippen molar-refractivity contribution in [3.05, 3.63) is 95.4 Å². The van der Waals surface area contributed by atoms with E-state index in [1.54, 1.807) is 37.4 Å². The molecule has 0 radical (unpaired) electrons. The monoisotopic (exact) mass is 442 g/mol. The van der Waals surface area contributed by atoms with Gasteiger partial charge in [0.25, 0.3) is 0 Å². The maximum absolute atomic E-state index is 14.4. The molecule has 2 aromatic heterocycles. The van der Waals surface area contributed by atoms with E-state index in [-0.39, 0.29) is 17.2 Å². The first-order valence-electron chi connectivity index (χ1n) is 10.1. The average molecular weight is 442 g/mol. The Bertz CT molecular complexity index is 1510. The van der Waals surface area contributed by atoms with E-state index in [0.29, 0.717) is 28.4 Å². The summed E-state index contributed by atoms with van der Waals surface area (Å²) < 4.78 is 23.0. The summed E-state index contributed by atoms with van der Waals surface area (Å²) in [6.07, 6.45) is 1.27. The first kappa shape index (κ1) is 20.3. The van der Waals surface area contributed by atoms with Crippen molar-refractivity contribution in [1.29, 1.82) is 0 Å². The van der Waals surface area contributed by atoms with Crippen LogP contribution in [0, 0.1) is 5.82 Å². The molecule has 33 heavy (non-hydrogen) atoms. The van der Waals surface area contributed by atoms with Gasteiger partial charge in [-0.2, -0.15) is 0 Å². The number of nitrogens with two attached hydrogens (primary N) is 1. The summed E-state index contributed by atoms with van der Waals surface area (Å²) in [5, 5.41) is 2.81. The second-order valence-electron chi connectivity index (χ2n) is 7.18. The Hall–Kier alpha value is -4.66. The number of para-hydroxylation sites is 2. The summed E-state index contributed by atoms with van der Waals surface area (Å²) in [4.78, 5) is 22.0. The molecule has 0 unspecified atom stereocenters. The van der Waals surface area contributed by atoms with E-state index in [4.69, 9.17) is 10.5 Å². The Morgan fingerprint density at radius 1 is 0.909 bits per heavy atom. The lowest BCUT2D eigenvalue weighted by molar-refractivity contribution is 0.482. The van der Waals surface area contributed by atoms with Crippen molar-refractivity contribution < 1.29 is 9.13 Å². The predicted octanol–water partition coefficient (Wildman–Crippen LogP) is 4.13. The molecule has 2 heterocycles. The number of benzene rings is 3. The summed E-state index contributed by atoms with van der Waals surface area (Å²) in [7, 11) is 1.58. The highest BCUT2D eigenvalue weighted by Gasteiger charge is 2.22. The van der Waals surface area contributed by atoms with Crippen molar-refractivity contribution in [3.63, 3.8) is 0 Å². The van der Waals surface area contributed by atoms with Gasteiger partial charge >= 0.3 is 5.69 Å². The maximum atomic E-state index is 14.4. The van der Waals surface area contributed by atoms with Crippen molar-refractivity contribution in [1.82, 2.24) is 19.1 Å². The fraction of sp³-hybridized carbons (Fsp3) is 0.0417. The Morgan fingerprint density at radius 2 is 1.64 bits per heavy atom. The molecule has 0 aliphatic heterocycles. The van der Waals surface area contributed by atoms with Gasteiger partial charge in [0.1, 0.15) is 29.2 Å². The zero-order valence-electron chi connectivity index (χ0n) is 17.6. The number of imidazole rings is 1. The number of nitrogens with zero attached hydrogens (tertiary/aromatic N) is 4.